The third kappa shape index (κ3) is 30.5. The molecule has 2 saturated heterocycles. The fraction of sp³-hybridized carbons (Fsp3) is 0.710. The number of amidine groups is 1. The Balaban J connectivity index is 1.35. The summed E-state index contributed by atoms with van der Waals surface area (Å²) in [6, 6.07) is -2.89. The molecule has 33 nitrogen and oxygen atoms in total. The molecule has 0 radical (unpaired) electrons. The molecule has 0 bridgehead atoms. The molecule has 0 saturated carbocycles. The number of ether oxygens (including phenoxy) is 16. The topological polar surface area (TPSA) is 389 Å². The number of nitrogens with one attached hydrogen (secondary N) is 6. The van der Waals surface area contributed by atoms with E-state index in [0.29, 0.717) is 91.6 Å². The minimum Gasteiger partial charge on any atom is -0.480 e. The molecule has 6 N–H and O–H groups in total. The highest BCUT2D eigenvalue weighted by molar-refractivity contribution is 5.91. The maximum Gasteiger partial charge on any atom is 0.508 e. The summed E-state index contributed by atoms with van der Waals surface area (Å²) in [6.45, 7) is 21.8. The molecular weight excluding hydrogens is 1260 g/mol. The second-order valence-corrected chi connectivity index (χ2v) is 24.0. The molecule has 4 aliphatic rings. The zero-order chi connectivity index (χ0) is 70.1. The zero-order valence-electron chi connectivity index (χ0n) is 56.2. The van der Waals surface area contributed by atoms with Crippen molar-refractivity contribution in [3.8, 4) is 12.3 Å². The maximum absolute atomic E-state index is 13.5. The van der Waals surface area contributed by atoms with Crippen molar-refractivity contribution in [1.29, 1.82) is 0 Å². The van der Waals surface area contributed by atoms with Crippen LogP contribution in [0.25, 0.3) is 0 Å². The number of carbonyl (C=O) groups is 9. The van der Waals surface area contributed by atoms with Gasteiger partial charge in [-0.3, -0.25) is 19.7 Å². The number of nitrogens with zero attached hydrogens (tertiary/aromatic N) is 2. The standard InChI is InChI=1S/C62H96N8O25/c1-14-24-82-26-28-84-30-31-85-29-27-83-25-23-70(21-17-15-19-63-48(72)36-86-52(46-34-88-59(78)92-46)51-38(2)42(32-44(90-51)55(74)80-12)65-39(3)67-57(76)94-61(6,7)8)22-18-16-20-64-49(73)37-87-53(47-35-89-60(79)93-47)54-50(69-41(5)71)43(33-45(91-54)56(75)81-13)66-40(4)68-58(77)95-62(9,10)11/h1,32-33,38,42-43,46-47,50-54,66H,4,15-31,34-37H2,2-3,5-13H3,(H,63,72)(H,64,73)(H,68,77)(H,69,71)(H,65,67,76)/t38-,42+,43+,46-,47-,50-,51-,52-,53-,54-/m1/s1. The first-order valence-corrected chi connectivity index (χ1v) is 31.2. The van der Waals surface area contributed by atoms with Crippen molar-refractivity contribution in [1.82, 2.24) is 36.8 Å². The predicted molar refractivity (Wildman–Crippen MR) is 333 cm³/mol. The van der Waals surface area contributed by atoms with Crippen LogP contribution in [0.3, 0.4) is 0 Å². The van der Waals surface area contributed by atoms with Crippen molar-refractivity contribution in [2.45, 2.75) is 154 Å². The van der Waals surface area contributed by atoms with Crippen LogP contribution in [0.5, 0.6) is 0 Å². The van der Waals surface area contributed by atoms with Gasteiger partial charge in [0, 0.05) is 32.5 Å². The summed E-state index contributed by atoms with van der Waals surface area (Å²) >= 11 is 0. The molecule has 0 aromatic heterocycles. The molecule has 534 valence electrons. The molecule has 0 unspecified atom stereocenters. The summed E-state index contributed by atoms with van der Waals surface area (Å²) in [5.41, 5.74) is -1.65. The van der Waals surface area contributed by atoms with E-state index >= 15 is 0 Å². The van der Waals surface area contributed by atoms with Crippen molar-refractivity contribution < 1.29 is 119 Å². The third-order valence-electron chi connectivity index (χ3n) is 13.9. The number of esters is 2. The van der Waals surface area contributed by atoms with Crippen LogP contribution in [-0.4, -0.2) is 257 Å². The summed E-state index contributed by atoms with van der Waals surface area (Å²) in [7, 11) is 2.29. The Morgan fingerprint density at radius 1 is 0.653 bits per heavy atom. The Hall–Kier alpha value is -8.00. The fourth-order valence-electron chi connectivity index (χ4n) is 9.66. The van der Waals surface area contributed by atoms with E-state index in [1.807, 2.05) is 0 Å². The Bertz CT molecular complexity index is 2690. The van der Waals surface area contributed by atoms with E-state index in [9.17, 15) is 43.2 Å². The number of cyclic esters (lactones) is 4. The molecule has 10 atom stereocenters. The molecular formula is C62H96N8O25. The van der Waals surface area contributed by atoms with Crippen molar-refractivity contribution in [2.75, 3.05) is 126 Å². The van der Waals surface area contributed by atoms with E-state index in [2.05, 4.69) is 54.3 Å². The number of aliphatic imine (C=N–C) groups is 1. The van der Waals surface area contributed by atoms with Gasteiger partial charge < -0.3 is 107 Å². The first-order valence-electron chi connectivity index (χ1n) is 31.2. The molecule has 95 heavy (non-hydrogen) atoms. The number of hydrogen-bond acceptors (Lipinski definition) is 27. The summed E-state index contributed by atoms with van der Waals surface area (Å²) < 4.78 is 88.2. The molecule has 0 aliphatic carbocycles. The minimum absolute atomic E-state index is 0.0846. The van der Waals surface area contributed by atoms with E-state index < -0.39 is 139 Å². The highest BCUT2D eigenvalue weighted by atomic mass is 16.8. The second-order valence-electron chi connectivity index (χ2n) is 24.0. The lowest BCUT2D eigenvalue weighted by atomic mass is 9.87. The van der Waals surface area contributed by atoms with Crippen LogP contribution in [0.2, 0.25) is 0 Å². The second kappa shape index (κ2) is 41.1. The van der Waals surface area contributed by atoms with Gasteiger partial charge in [-0.2, -0.15) is 4.99 Å². The normalized spacial score (nSPS) is 21.6. The Kier molecular flexibility index (Phi) is 34.3. The van der Waals surface area contributed by atoms with Crippen molar-refractivity contribution >= 4 is 60.0 Å². The number of alkyl carbamates (subject to hydrolysis) is 1. The lowest BCUT2D eigenvalue weighted by Crippen LogP contribution is -2.64. The van der Waals surface area contributed by atoms with Crippen LogP contribution < -0.4 is 31.9 Å². The maximum atomic E-state index is 13.5. The largest absolute Gasteiger partial charge is 0.508 e. The van der Waals surface area contributed by atoms with Crippen LogP contribution in [0, 0.1) is 18.3 Å². The number of unbranched alkanes of at least 4 members (excludes halogenated alkanes) is 2. The molecule has 0 aromatic rings. The zero-order valence-corrected chi connectivity index (χ0v) is 56.2. The lowest BCUT2D eigenvalue weighted by molar-refractivity contribution is -0.156. The SMILES string of the molecule is C#CCOCCOCCOCCOCCN(CCCCNC(=O)CO[C@@H]([C@@H]1OC(C(=O)OC)=C[C@H](N/C(C)=N\C(=O)OC(C)(C)C)[C@H]1C)[C@H]1COC(=O)O1)CCCCNC(=O)CO[C@@H]([C@@H]1OC(C(=O)OC)=C[C@H](NC(=C)NC(=O)OC(C)(C)C)[C@H]1NC(C)=O)[C@H]1COC(=O)O1. The summed E-state index contributed by atoms with van der Waals surface area (Å²) in [5, 5.41) is 17.0. The number of rotatable bonds is 40. The monoisotopic (exact) mass is 1350 g/mol. The van der Waals surface area contributed by atoms with Gasteiger partial charge in [-0.25, -0.2) is 28.8 Å². The number of methoxy groups -OCH3 is 2. The Morgan fingerprint density at radius 2 is 1.14 bits per heavy atom. The van der Waals surface area contributed by atoms with Crippen molar-refractivity contribution in [2.24, 2.45) is 10.9 Å². The molecule has 0 spiro atoms. The molecule has 0 aromatic carbocycles. The number of hydrogen-bond donors (Lipinski definition) is 6. The minimum atomic E-state index is -1.36. The first kappa shape index (κ1) is 79.4. The Labute approximate surface area is 553 Å². The van der Waals surface area contributed by atoms with Crippen molar-refractivity contribution in [3.63, 3.8) is 0 Å². The van der Waals surface area contributed by atoms with Crippen LogP contribution >= 0.6 is 0 Å². The van der Waals surface area contributed by atoms with Gasteiger partial charge in [0.1, 0.15) is 74.2 Å². The highest BCUT2D eigenvalue weighted by Crippen LogP contribution is 2.32. The summed E-state index contributed by atoms with van der Waals surface area (Å²) in [4.78, 5) is 121. The van der Waals surface area contributed by atoms with E-state index in [0.717, 1.165) is 7.11 Å². The Morgan fingerprint density at radius 3 is 1.61 bits per heavy atom. The summed E-state index contributed by atoms with van der Waals surface area (Å²) in [6.07, 6.45) is -0.488. The fourth-order valence-corrected chi connectivity index (χ4v) is 9.66. The lowest BCUT2D eigenvalue weighted by Gasteiger charge is -2.41. The van der Waals surface area contributed by atoms with E-state index in [1.54, 1.807) is 55.4 Å². The molecule has 2 fully saturated rings. The third-order valence-corrected chi connectivity index (χ3v) is 13.9. The molecule has 4 aliphatic heterocycles. The molecule has 5 amide bonds. The first-order chi connectivity index (χ1) is 45.1. The highest BCUT2D eigenvalue weighted by Gasteiger charge is 2.50. The quantitative estimate of drug-likeness (QED) is 0.0127. The van der Waals surface area contributed by atoms with Gasteiger partial charge in [-0.15, -0.1) is 6.42 Å². The van der Waals surface area contributed by atoms with Gasteiger partial charge in [0.15, 0.2) is 18.3 Å². The predicted octanol–water partition coefficient (Wildman–Crippen LogP) is 1.94. The molecule has 4 heterocycles. The van der Waals surface area contributed by atoms with Crippen LogP contribution in [0.1, 0.15) is 88.0 Å². The summed E-state index contributed by atoms with van der Waals surface area (Å²) in [5.74, 6) is -1.97. The van der Waals surface area contributed by atoms with Gasteiger partial charge in [-0.1, -0.05) is 19.4 Å². The van der Waals surface area contributed by atoms with Gasteiger partial charge in [0.05, 0.1) is 78.6 Å². The van der Waals surface area contributed by atoms with Gasteiger partial charge >= 0.3 is 36.4 Å². The average molecular weight is 1350 g/mol. The van der Waals surface area contributed by atoms with Gasteiger partial charge in [0.25, 0.3) is 0 Å². The van der Waals surface area contributed by atoms with Crippen molar-refractivity contribution in [3.05, 3.63) is 36.1 Å². The van der Waals surface area contributed by atoms with Gasteiger partial charge in [0.2, 0.25) is 29.2 Å². The number of terminal acetylenes is 1. The van der Waals surface area contributed by atoms with E-state index in [4.69, 9.17) is 82.2 Å². The molecule has 33 heteroatoms. The van der Waals surface area contributed by atoms with Crippen LogP contribution in [0.15, 0.2) is 41.1 Å². The van der Waals surface area contributed by atoms with Gasteiger partial charge in [-0.05, 0) is 99.4 Å². The molecule has 4 rings (SSSR count). The smallest absolute Gasteiger partial charge is 0.480 e. The van der Waals surface area contributed by atoms with E-state index in [-0.39, 0.29) is 56.1 Å². The van der Waals surface area contributed by atoms with Crippen LogP contribution in [0.4, 0.5) is 19.2 Å². The van der Waals surface area contributed by atoms with Crippen LogP contribution in [-0.2, 0) is 99.8 Å². The number of amides is 5. The van der Waals surface area contributed by atoms with E-state index in [1.165, 1.54) is 26.2 Å². The average Bonchev–Trinajstić information content (AvgIpc) is 1.68. The number of carbonyl (C=O) groups excluding carboxylic acids is 9.